The van der Waals surface area contributed by atoms with Crippen molar-refractivity contribution in [3.05, 3.63) is 39.9 Å². The summed E-state index contributed by atoms with van der Waals surface area (Å²) in [6.45, 7) is 8.33. The van der Waals surface area contributed by atoms with Gasteiger partial charge in [0.2, 0.25) is 18.4 Å². The molecule has 0 heterocycles. The van der Waals surface area contributed by atoms with Gasteiger partial charge in [-0.25, -0.2) is 4.79 Å². The van der Waals surface area contributed by atoms with Crippen molar-refractivity contribution in [2.24, 2.45) is 17.3 Å². The number of carboxylic acids is 1. The molecule has 0 aromatic heterocycles. The first-order valence-electron chi connectivity index (χ1n) is 10.8. The van der Waals surface area contributed by atoms with E-state index in [1.54, 1.807) is 45.0 Å². The predicted molar refractivity (Wildman–Crippen MR) is 122 cm³/mol. The Bertz CT molecular complexity index is 831. The van der Waals surface area contributed by atoms with Crippen LogP contribution in [0.5, 0.6) is 5.75 Å². The maximum absolute atomic E-state index is 13.1. The molecule has 0 spiro atoms. The number of ether oxygens (including phenoxy) is 1. The first-order chi connectivity index (χ1) is 15.2. The fraction of sp³-hybridized carbons (Fsp3) is 0.609. The molecule has 0 aliphatic rings. The molecule has 0 fully saturated rings. The largest absolute Gasteiger partial charge is 0.497 e. The molecule has 0 saturated heterocycles. The highest BCUT2D eigenvalue weighted by atomic mass is 16.6. The normalized spacial score (nSPS) is 14.2. The van der Waals surface area contributed by atoms with Crippen LogP contribution in [0.3, 0.4) is 0 Å². The molecule has 0 radical (unpaired) electrons. The number of amides is 2. The Labute approximate surface area is 194 Å². The Balaban J connectivity index is 3.02. The monoisotopic (exact) mass is 465 g/mol. The average molecular weight is 466 g/mol. The Hall–Kier alpha value is -3.17. The van der Waals surface area contributed by atoms with E-state index in [2.05, 4.69) is 10.6 Å². The van der Waals surface area contributed by atoms with Crippen molar-refractivity contribution in [2.75, 3.05) is 13.7 Å². The van der Waals surface area contributed by atoms with E-state index in [-0.39, 0.29) is 12.3 Å². The second kappa shape index (κ2) is 12.2. The van der Waals surface area contributed by atoms with Crippen LogP contribution in [0.1, 0.15) is 46.6 Å². The Morgan fingerprint density at radius 3 is 2.09 bits per heavy atom. The van der Waals surface area contributed by atoms with Crippen molar-refractivity contribution in [1.29, 1.82) is 0 Å². The molecular weight excluding hydrogens is 430 g/mol. The molecule has 1 rings (SSSR count). The zero-order valence-electron chi connectivity index (χ0n) is 20.1. The third-order valence-electron chi connectivity index (χ3n) is 5.12. The number of benzene rings is 1. The number of carbonyl (C=O) groups excluding carboxylic acids is 2. The number of hydrogen-bond acceptors (Lipinski definition) is 6. The van der Waals surface area contributed by atoms with Crippen LogP contribution in [0.15, 0.2) is 24.3 Å². The minimum absolute atomic E-state index is 0.0349. The summed E-state index contributed by atoms with van der Waals surface area (Å²) in [6.07, 6.45) is 0.327. The molecule has 1 aromatic carbocycles. The average Bonchev–Trinajstić information content (AvgIpc) is 2.69. The third kappa shape index (κ3) is 9.46. The molecule has 0 aliphatic carbocycles. The van der Waals surface area contributed by atoms with Gasteiger partial charge in [0, 0.05) is 11.3 Å². The van der Waals surface area contributed by atoms with Crippen molar-refractivity contribution < 1.29 is 29.2 Å². The Morgan fingerprint density at radius 1 is 1.09 bits per heavy atom. The van der Waals surface area contributed by atoms with Gasteiger partial charge in [-0.05, 0) is 35.4 Å². The maximum atomic E-state index is 13.1. The van der Waals surface area contributed by atoms with Crippen LogP contribution in [-0.2, 0) is 20.8 Å². The SMILES string of the molecule is COc1ccc(C[C@H](NC(=O)[C@@H](NC(=O)[C@H](CC(C)C)C[N+](=O)[O-])C(C)(C)C)C(=O)O)cc1. The van der Waals surface area contributed by atoms with Gasteiger partial charge in [-0.3, -0.25) is 19.7 Å². The lowest BCUT2D eigenvalue weighted by Gasteiger charge is -2.32. The zero-order valence-corrected chi connectivity index (χ0v) is 20.1. The summed E-state index contributed by atoms with van der Waals surface area (Å²) in [7, 11) is 1.52. The quantitative estimate of drug-likeness (QED) is 0.317. The van der Waals surface area contributed by atoms with Crippen LogP contribution in [-0.4, -0.2) is 53.6 Å². The van der Waals surface area contributed by atoms with Crippen LogP contribution in [0.2, 0.25) is 0 Å². The molecule has 3 N–H and O–H groups in total. The fourth-order valence-corrected chi connectivity index (χ4v) is 3.40. The van der Waals surface area contributed by atoms with Gasteiger partial charge in [0.1, 0.15) is 23.8 Å². The first-order valence-corrected chi connectivity index (χ1v) is 10.8. The van der Waals surface area contributed by atoms with Crippen LogP contribution in [0.25, 0.3) is 0 Å². The number of nitrogens with one attached hydrogen (secondary N) is 2. The van der Waals surface area contributed by atoms with Gasteiger partial charge in [-0.1, -0.05) is 46.8 Å². The highest BCUT2D eigenvalue weighted by Gasteiger charge is 2.37. The number of nitro groups is 1. The first kappa shape index (κ1) is 27.9. The molecule has 0 aliphatic heterocycles. The van der Waals surface area contributed by atoms with E-state index < -0.39 is 52.7 Å². The van der Waals surface area contributed by atoms with Crippen LogP contribution < -0.4 is 15.4 Å². The van der Waals surface area contributed by atoms with Gasteiger partial charge < -0.3 is 20.5 Å². The van der Waals surface area contributed by atoms with Gasteiger partial charge >= 0.3 is 5.97 Å². The molecule has 0 saturated carbocycles. The summed E-state index contributed by atoms with van der Waals surface area (Å²) in [5, 5.41) is 25.8. The summed E-state index contributed by atoms with van der Waals surface area (Å²) in [5.74, 6) is -2.71. The van der Waals surface area contributed by atoms with Gasteiger partial charge in [0.25, 0.3) is 0 Å². The van der Waals surface area contributed by atoms with Crippen LogP contribution >= 0.6 is 0 Å². The van der Waals surface area contributed by atoms with Gasteiger partial charge in [0.15, 0.2) is 0 Å². The molecule has 184 valence electrons. The van der Waals surface area contributed by atoms with Gasteiger partial charge in [0.05, 0.1) is 7.11 Å². The predicted octanol–water partition coefficient (Wildman–Crippen LogP) is 2.28. The molecule has 0 unspecified atom stereocenters. The van der Waals surface area contributed by atoms with E-state index in [0.717, 1.165) is 0 Å². The number of aliphatic carboxylic acids is 1. The molecule has 10 nitrogen and oxygen atoms in total. The highest BCUT2D eigenvalue weighted by Crippen LogP contribution is 2.22. The van der Waals surface area contributed by atoms with Crippen LogP contribution in [0.4, 0.5) is 0 Å². The molecule has 10 heteroatoms. The number of hydrogen-bond donors (Lipinski definition) is 3. The van der Waals surface area contributed by atoms with Crippen molar-refractivity contribution in [3.63, 3.8) is 0 Å². The summed E-state index contributed by atoms with van der Waals surface area (Å²) in [6, 6.07) is 4.49. The maximum Gasteiger partial charge on any atom is 0.326 e. The lowest BCUT2D eigenvalue weighted by molar-refractivity contribution is -0.486. The summed E-state index contributed by atoms with van der Waals surface area (Å²) >= 11 is 0. The third-order valence-corrected chi connectivity index (χ3v) is 5.12. The van der Waals surface area contributed by atoms with Gasteiger partial charge in [-0.15, -0.1) is 0 Å². The van der Waals surface area contributed by atoms with E-state index in [0.29, 0.717) is 17.7 Å². The molecule has 2 amide bonds. The fourth-order valence-electron chi connectivity index (χ4n) is 3.40. The number of nitrogens with zero attached hydrogens (tertiary/aromatic N) is 1. The summed E-state index contributed by atoms with van der Waals surface area (Å²) in [4.78, 5) is 48.2. The van der Waals surface area contributed by atoms with E-state index >= 15 is 0 Å². The van der Waals surface area contributed by atoms with E-state index in [1.165, 1.54) is 7.11 Å². The Morgan fingerprint density at radius 2 is 1.67 bits per heavy atom. The van der Waals surface area contributed by atoms with Crippen molar-refractivity contribution >= 4 is 17.8 Å². The Kier molecular flexibility index (Phi) is 10.3. The number of carboxylic acid groups (broad SMARTS) is 1. The molecule has 33 heavy (non-hydrogen) atoms. The topological polar surface area (TPSA) is 148 Å². The van der Waals surface area contributed by atoms with Crippen molar-refractivity contribution in [1.82, 2.24) is 10.6 Å². The number of carbonyl (C=O) groups is 3. The minimum Gasteiger partial charge on any atom is -0.497 e. The molecule has 0 bridgehead atoms. The van der Waals surface area contributed by atoms with Crippen molar-refractivity contribution in [3.8, 4) is 5.75 Å². The van der Waals surface area contributed by atoms with E-state index in [9.17, 15) is 29.6 Å². The van der Waals surface area contributed by atoms with Gasteiger partial charge in [-0.2, -0.15) is 0 Å². The second-order valence-corrected chi connectivity index (χ2v) is 9.60. The molecule has 1 aromatic rings. The summed E-state index contributed by atoms with van der Waals surface area (Å²) < 4.78 is 5.09. The van der Waals surface area contributed by atoms with E-state index in [1.807, 2.05) is 13.8 Å². The zero-order chi connectivity index (χ0) is 25.3. The number of rotatable bonds is 12. The van der Waals surface area contributed by atoms with E-state index in [4.69, 9.17) is 4.74 Å². The minimum atomic E-state index is -1.22. The summed E-state index contributed by atoms with van der Waals surface area (Å²) in [5.41, 5.74) is -0.0808. The second-order valence-electron chi connectivity index (χ2n) is 9.60. The van der Waals surface area contributed by atoms with Crippen molar-refractivity contribution in [2.45, 2.75) is 59.5 Å². The highest BCUT2D eigenvalue weighted by molar-refractivity contribution is 5.91. The number of methoxy groups -OCH3 is 1. The lowest BCUT2D eigenvalue weighted by atomic mass is 9.85. The standard InChI is InChI=1S/C23H35N3O7/c1-14(2)11-16(13-26(31)32)20(27)25-19(23(3,4)5)21(28)24-18(22(29)30)12-15-7-9-17(33-6)10-8-15/h7-10,14,16,18-19H,11-13H2,1-6H3,(H,24,28)(H,25,27)(H,29,30)/t16-,18+,19-/m1/s1. The molecule has 3 atom stereocenters. The lowest BCUT2D eigenvalue weighted by Crippen LogP contribution is -2.58. The smallest absolute Gasteiger partial charge is 0.326 e. The van der Waals surface area contributed by atoms with Crippen LogP contribution in [0, 0.1) is 27.4 Å². The molecular formula is C23H35N3O7.